The van der Waals surface area contributed by atoms with E-state index in [1.807, 2.05) is 12.4 Å². The molecule has 1 aromatic rings. The first kappa shape index (κ1) is 11.9. The highest BCUT2D eigenvalue weighted by atomic mass is 16.5. The summed E-state index contributed by atoms with van der Waals surface area (Å²) in [5, 5.41) is 3.61. The van der Waals surface area contributed by atoms with Gasteiger partial charge in [-0.3, -0.25) is 4.98 Å². The van der Waals surface area contributed by atoms with Gasteiger partial charge in [0.15, 0.2) is 0 Å². The van der Waals surface area contributed by atoms with Gasteiger partial charge in [0.1, 0.15) is 0 Å². The Kier molecular flexibility index (Phi) is 3.48. The van der Waals surface area contributed by atoms with Gasteiger partial charge in [-0.15, -0.1) is 0 Å². The quantitative estimate of drug-likeness (QED) is 0.871. The lowest BCUT2D eigenvalue weighted by molar-refractivity contribution is 0.0936. The number of ether oxygens (including phenoxy) is 1. The van der Waals surface area contributed by atoms with Gasteiger partial charge in [-0.2, -0.15) is 0 Å². The number of nitrogens with one attached hydrogen (secondary N) is 1. The molecule has 1 N–H and O–H groups in total. The highest BCUT2D eigenvalue weighted by Gasteiger charge is 2.27. The van der Waals surface area contributed by atoms with Gasteiger partial charge in [0.25, 0.3) is 0 Å². The molecule has 1 saturated carbocycles. The van der Waals surface area contributed by atoms with Crippen LogP contribution in [0.1, 0.15) is 18.4 Å². The largest absolute Gasteiger partial charge is 0.377 e. The first-order valence-corrected chi connectivity index (χ1v) is 6.83. The third-order valence-corrected chi connectivity index (χ3v) is 3.75. The van der Waals surface area contributed by atoms with Crippen molar-refractivity contribution < 1.29 is 4.74 Å². The lowest BCUT2D eigenvalue weighted by Gasteiger charge is -2.38. The van der Waals surface area contributed by atoms with Crippen molar-refractivity contribution in [2.24, 2.45) is 0 Å². The van der Waals surface area contributed by atoms with Crippen LogP contribution in [0.3, 0.4) is 0 Å². The molecule has 2 aliphatic rings. The summed E-state index contributed by atoms with van der Waals surface area (Å²) in [5.74, 6) is 0. The normalized spacial score (nSPS) is 24.3. The summed E-state index contributed by atoms with van der Waals surface area (Å²) < 4.78 is 5.63. The molecule has 0 spiro atoms. The average Bonchev–Trinajstić information content (AvgIpc) is 3.22. The van der Waals surface area contributed by atoms with Gasteiger partial charge in [-0.05, 0) is 31.4 Å². The van der Waals surface area contributed by atoms with Crippen molar-refractivity contribution in [2.75, 3.05) is 31.2 Å². The van der Waals surface area contributed by atoms with Crippen LogP contribution in [0.4, 0.5) is 5.69 Å². The Labute approximate surface area is 108 Å². The Morgan fingerprint density at radius 3 is 3.17 bits per heavy atom. The van der Waals surface area contributed by atoms with Crippen LogP contribution in [0.25, 0.3) is 0 Å². The number of anilines is 1. The number of pyridine rings is 1. The van der Waals surface area contributed by atoms with Crippen LogP contribution in [-0.4, -0.2) is 43.4 Å². The molecule has 0 radical (unpaired) electrons. The number of hydrogen-bond acceptors (Lipinski definition) is 4. The molecule has 1 saturated heterocycles. The van der Waals surface area contributed by atoms with E-state index in [4.69, 9.17) is 4.74 Å². The van der Waals surface area contributed by atoms with Crippen LogP contribution in [0.15, 0.2) is 18.5 Å². The molecule has 18 heavy (non-hydrogen) atoms. The van der Waals surface area contributed by atoms with E-state index >= 15 is 0 Å². The maximum absolute atomic E-state index is 5.63. The molecule has 98 valence electrons. The molecule has 2 fully saturated rings. The fraction of sp³-hybridized carbons (Fsp3) is 0.643. The first-order chi connectivity index (χ1) is 8.84. The number of aromatic nitrogens is 1. The topological polar surface area (TPSA) is 37.4 Å². The lowest BCUT2D eigenvalue weighted by atomic mass is 10.1. The minimum atomic E-state index is 0.445. The zero-order valence-corrected chi connectivity index (χ0v) is 10.9. The zero-order valence-electron chi connectivity index (χ0n) is 10.9. The van der Waals surface area contributed by atoms with Crippen molar-refractivity contribution in [1.82, 2.24) is 10.3 Å². The summed E-state index contributed by atoms with van der Waals surface area (Å²) in [4.78, 5) is 6.64. The van der Waals surface area contributed by atoms with E-state index in [1.54, 1.807) is 0 Å². The van der Waals surface area contributed by atoms with Gasteiger partial charge >= 0.3 is 0 Å². The van der Waals surface area contributed by atoms with Crippen LogP contribution in [0, 0.1) is 6.92 Å². The molecule has 1 atom stereocenters. The average molecular weight is 247 g/mol. The maximum Gasteiger partial charge on any atom is 0.0683 e. The van der Waals surface area contributed by atoms with E-state index in [0.29, 0.717) is 6.04 Å². The molecule has 0 bridgehead atoms. The van der Waals surface area contributed by atoms with Crippen LogP contribution in [0.2, 0.25) is 0 Å². The van der Waals surface area contributed by atoms with Crippen molar-refractivity contribution in [3.63, 3.8) is 0 Å². The Balaban J connectivity index is 1.71. The summed E-state index contributed by atoms with van der Waals surface area (Å²) in [6.45, 7) is 5.76. The third kappa shape index (κ3) is 2.65. The second-order valence-electron chi connectivity index (χ2n) is 5.27. The SMILES string of the molecule is Cc1cnccc1N1CCOCC1CNC1CC1. The van der Waals surface area contributed by atoms with E-state index < -0.39 is 0 Å². The second kappa shape index (κ2) is 5.24. The first-order valence-electron chi connectivity index (χ1n) is 6.83. The highest BCUT2D eigenvalue weighted by molar-refractivity contribution is 5.52. The van der Waals surface area contributed by atoms with Gasteiger partial charge in [0.05, 0.1) is 19.3 Å². The van der Waals surface area contributed by atoms with Gasteiger partial charge in [0, 0.05) is 37.2 Å². The second-order valence-corrected chi connectivity index (χ2v) is 5.27. The van der Waals surface area contributed by atoms with E-state index in [9.17, 15) is 0 Å². The van der Waals surface area contributed by atoms with Gasteiger partial charge < -0.3 is 15.0 Å². The number of nitrogens with zero attached hydrogens (tertiary/aromatic N) is 2. The van der Waals surface area contributed by atoms with Crippen molar-refractivity contribution >= 4 is 5.69 Å². The molecular formula is C14H21N3O. The summed E-state index contributed by atoms with van der Waals surface area (Å²) in [7, 11) is 0. The van der Waals surface area contributed by atoms with Crippen molar-refractivity contribution in [3.05, 3.63) is 24.0 Å². The fourth-order valence-electron chi connectivity index (χ4n) is 2.52. The summed E-state index contributed by atoms with van der Waals surface area (Å²) in [5.41, 5.74) is 2.55. The van der Waals surface area contributed by atoms with Crippen molar-refractivity contribution in [2.45, 2.75) is 31.8 Å². The summed E-state index contributed by atoms with van der Waals surface area (Å²) >= 11 is 0. The molecule has 2 heterocycles. The molecule has 4 heteroatoms. The minimum absolute atomic E-state index is 0.445. The molecule has 4 nitrogen and oxygen atoms in total. The highest BCUT2D eigenvalue weighted by Crippen LogP contribution is 2.24. The molecule has 1 aliphatic carbocycles. The van der Waals surface area contributed by atoms with Crippen LogP contribution >= 0.6 is 0 Å². The summed E-state index contributed by atoms with van der Waals surface area (Å²) in [6.07, 6.45) is 6.49. The van der Waals surface area contributed by atoms with E-state index in [1.165, 1.54) is 24.1 Å². The minimum Gasteiger partial charge on any atom is -0.377 e. The zero-order chi connectivity index (χ0) is 12.4. The maximum atomic E-state index is 5.63. The number of hydrogen-bond donors (Lipinski definition) is 1. The fourth-order valence-corrected chi connectivity index (χ4v) is 2.52. The lowest BCUT2D eigenvalue weighted by Crippen LogP contribution is -2.51. The molecule has 0 aromatic carbocycles. The Hall–Kier alpha value is -1.13. The monoisotopic (exact) mass is 247 g/mol. The van der Waals surface area contributed by atoms with Crippen LogP contribution in [0.5, 0.6) is 0 Å². The van der Waals surface area contributed by atoms with Crippen molar-refractivity contribution in [1.29, 1.82) is 0 Å². The van der Waals surface area contributed by atoms with Crippen LogP contribution < -0.4 is 10.2 Å². The number of aryl methyl sites for hydroxylation is 1. The molecule has 1 unspecified atom stereocenters. The number of rotatable bonds is 4. The predicted octanol–water partition coefficient (Wildman–Crippen LogP) is 1.35. The predicted molar refractivity (Wildman–Crippen MR) is 72.0 cm³/mol. The third-order valence-electron chi connectivity index (χ3n) is 3.75. The van der Waals surface area contributed by atoms with Gasteiger partial charge in [0.2, 0.25) is 0 Å². The Morgan fingerprint density at radius 2 is 2.39 bits per heavy atom. The molecule has 1 aromatic heterocycles. The van der Waals surface area contributed by atoms with Gasteiger partial charge in [-0.1, -0.05) is 0 Å². The van der Waals surface area contributed by atoms with E-state index in [-0.39, 0.29) is 0 Å². The molecular weight excluding hydrogens is 226 g/mol. The summed E-state index contributed by atoms with van der Waals surface area (Å²) in [6, 6.07) is 3.32. The Bertz CT molecular complexity index is 406. The van der Waals surface area contributed by atoms with E-state index in [2.05, 4.69) is 28.2 Å². The number of morpholine rings is 1. The van der Waals surface area contributed by atoms with Crippen molar-refractivity contribution in [3.8, 4) is 0 Å². The van der Waals surface area contributed by atoms with Gasteiger partial charge in [-0.25, -0.2) is 0 Å². The molecule has 0 amide bonds. The Morgan fingerprint density at radius 1 is 1.50 bits per heavy atom. The molecule has 1 aliphatic heterocycles. The smallest absolute Gasteiger partial charge is 0.0683 e. The molecule has 3 rings (SSSR count). The van der Waals surface area contributed by atoms with Crippen LogP contribution in [-0.2, 0) is 4.74 Å². The standard InChI is InChI=1S/C14H21N3O/c1-11-8-15-5-4-14(11)17-6-7-18-10-13(17)9-16-12-2-3-12/h4-5,8,12-13,16H,2-3,6-7,9-10H2,1H3. The van der Waals surface area contributed by atoms with E-state index in [0.717, 1.165) is 32.3 Å².